The number of aliphatic hydroxyl groups excluding tert-OH is 1. The lowest BCUT2D eigenvalue weighted by Crippen LogP contribution is -2.52. The van der Waals surface area contributed by atoms with Gasteiger partial charge in [-0.15, -0.1) is 0 Å². The molecule has 1 saturated heterocycles. The fourth-order valence-corrected chi connectivity index (χ4v) is 5.61. The number of hydrogen-bond acceptors (Lipinski definition) is 6. The van der Waals surface area contributed by atoms with E-state index in [0.29, 0.717) is 41.7 Å². The van der Waals surface area contributed by atoms with Crippen molar-refractivity contribution in [1.82, 2.24) is 10.2 Å². The quantitative estimate of drug-likeness (QED) is 0.482. The Morgan fingerprint density at radius 3 is 2.25 bits per heavy atom. The van der Waals surface area contributed by atoms with Crippen molar-refractivity contribution in [2.24, 2.45) is 5.92 Å². The lowest BCUT2D eigenvalue weighted by molar-refractivity contribution is 0.109. The Balaban J connectivity index is 1.34. The van der Waals surface area contributed by atoms with Crippen LogP contribution >= 0.6 is 11.6 Å². The number of nitrogens with one attached hydrogen (secondary N) is 2. The normalized spacial score (nSPS) is 22.8. The Kier molecular flexibility index (Phi) is 8.82. The molecular weight excluding hydrogens is 482 g/mol. The summed E-state index contributed by atoms with van der Waals surface area (Å²) < 4.78 is 16.1. The molecule has 2 aromatic carbocycles. The van der Waals surface area contributed by atoms with Gasteiger partial charge in [0.05, 0.1) is 33.1 Å². The standard InChI is InChI=1S/C27H36ClN3O5/c1-34-24-13-20(14-25(35-2)26(24)36-3)29-27(33)30-22-15-21(32)16-23(22)31-10-8-18(9-11-31)12-17-4-6-19(28)7-5-17/h4-7,13-14,18,21-23,32H,8-12,15-16H2,1-3H3,(H2,29,30,33). The van der Waals surface area contributed by atoms with Gasteiger partial charge >= 0.3 is 6.03 Å². The molecule has 1 heterocycles. The number of aliphatic hydroxyl groups is 1. The fourth-order valence-electron chi connectivity index (χ4n) is 5.48. The minimum absolute atomic E-state index is 0.113. The van der Waals surface area contributed by atoms with E-state index in [2.05, 4.69) is 27.7 Å². The molecule has 8 nitrogen and oxygen atoms in total. The number of carbonyl (C=O) groups excluding carboxylic acids is 1. The molecule has 4 rings (SSSR count). The van der Waals surface area contributed by atoms with Gasteiger partial charge in [-0.1, -0.05) is 23.7 Å². The number of likely N-dealkylation sites (tertiary alicyclic amines) is 1. The Bertz CT molecular complexity index is 1000. The highest BCUT2D eigenvalue weighted by atomic mass is 35.5. The van der Waals surface area contributed by atoms with E-state index in [1.807, 2.05) is 12.1 Å². The second kappa shape index (κ2) is 12.0. The molecule has 3 unspecified atom stereocenters. The van der Waals surface area contributed by atoms with Crippen molar-refractivity contribution in [2.45, 2.75) is 50.3 Å². The van der Waals surface area contributed by atoms with Gasteiger partial charge in [-0.2, -0.15) is 0 Å². The molecule has 0 radical (unpaired) electrons. The second-order valence-electron chi connectivity index (χ2n) is 9.62. The number of carbonyl (C=O) groups is 1. The molecule has 1 aliphatic heterocycles. The van der Waals surface area contributed by atoms with Crippen LogP contribution in [0.4, 0.5) is 10.5 Å². The highest BCUT2D eigenvalue weighted by Crippen LogP contribution is 2.40. The van der Waals surface area contributed by atoms with Crippen LogP contribution in [0.15, 0.2) is 36.4 Å². The third-order valence-corrected chi connectivity index (χ3v) is 7.55. The molecule has 2 aliphatic rings. The van der Waals surface area contributed by atoms with Gasteiger partial charge < -0.3 is 30.0 Å². The van der Waals surface area contributed by atoms with E-state index in [9.17, 15) is 9.90 Å². The number of hydrogen-bond donors (Lipinski definition) is 3. The summed E-state index contributed by atoms with van der Waals surface area (Å²) in [6, 6.07) is 11.1. The molecule has 0 bridgehead atoms. The van der Waals surface area contributed by atoms with Crippen LogP contribution in [-0.4, -0.2) is 68.6 Å². The summed E-state index contributed by atoms with van der Waals surface area (Å²) in [5, 5.41) is 17.1. The highest BCUT2D eigenvalue weighted by Gasteiger charge is 2.39. The molecule has 2 amide bonds. The molecule has 2 fully saturated rings. The summed E-state index contributed by atoms with van der Waals surface area (Å²) in [5.41, 5.74) is 1.84. The minimum atomic E-state index is -0.423. The van der Waals surface area contributed by atoms with Gasteiger partial charge in [0.2, 0.25) is 5.75 Å². The van der Waals surface area contributed by atoms with Crippen molar-refractivity contribution in [1.29, 1.82) is 0 Å². The number of halogens is 1. The molecule has 0 aromatic heterocycles. The Morgan fingerprint density at radius 1 is 1.03 bits per heavy atom. The van der Waals surface area contributed by atoms with Crippen molar-refractivity contribution in [2.75, 3.05) is 39.7 Å². The number of nitrogens with zero attached hydrogens (tertiary/aromatic N) is 1. The van der Waals surface area contributed by atoms with E-state index in [0.717, 1.165) is 37.4 Å². The summed E-state index contributed by atoms with van der Waals surface area (Å²) in [5.74, 6) is 2.01. The molecule has 196 valence electrons. The SMILES string of the molecule is COc1cc(NC(=O)NC2CC(O)CC2N2CCC(Cc3ccc(Cl)cc3)CC2)cc(OC)c1OC. The van der Waals surface area contributed by atoms with Gasteiger partial charge in [0.25, 0.3) is 0 Å². The first-order valence-corrected chi connectivity index (χ1v) is 12.8. The van der Waals surface area contributed by atoms with Crippen LogP contribution in [0, 0.1) is 5.92 Å². The van der Waals surface area contributed by atoms with Crippen LogP contribution in [0.2, 0.25) is 5.02 Å². The lowest BCUT2D eigenvalue weighted by Gasteiger charge is -2.38. The Hall–Kier alpha value is -2.68. The monoisotopic (exact) mass is 517 g/mol. The van der Waals surface area contributed by atoms with Crippen molar-refractivity contribution in [3.63, 3.8) is 0 Å². The summed E-state index contributed by atoms with van der Waals surface area (Å²) in [6.07, 6.45) is 4.03. The van der Waals surface area contributed by atoms with Gasteiger partial charge in [0, 0.05) is 29.2 Å². The smallest absolute Gasteiger partial charge is 0.319 e. The number of amides is 2. The molecular formula is C27H36ClN3O5. The second-order valence-corrected chi connectivity index (χ2v) is 10.1. The predicted molar refractivity (Wildman–Crippen MR) is 141 cm³/mol. The van der Waals surface area contributed by atoms with Crippen molar-refractivity contribution < 1.29 is 24.1 Å². The third kappa shape index (κ3) is 6.35. The summed E-state index contributed by atoms with van der Waals surface area (Å²) in [4.78, 5) is 15.3. The Labute approximate surface area is 217 Å². The summed E-state index contributed by atoms with van der Waals surface area (Å²) in [6.45, 7) is 1.92. The van der Waals surface area contributed by atoms with Crippen molar-refractivity contribution in [3.8, 4) is 17.2 Å². The predicted octanol–water partition coefficient (Wildman–Crippen LogP) is 4.33. The zero-order chi connectivity index (χ0) is 25.7. The summed E-state index contributed by atoms with van der Waals surface area (Å²) in [7, 11) is 4.60. The average Bonchev–Trinajstić information content (AvgIpc) is 3.24. The first-order chi connectivity index (χ1) is 17.4. The fraction of sp³-hybridized carbons (Fsp3) is 0.519. The highest BCUT2D eigenvalue weighted by molar-refractivity contribution is 6.30. The van der Waals surface area contributed by atoms with E-state index in [1.165, 1.54) is 26.9 Å². The molecule has 3 N–H and O–H groups in total. The van der Waals surface area contributed by atoms with Crippen molar-refractivity contribution >= 4 is 23.3 Å². The van der Waals surface area contributed by atoms with Crippen LogP contribution in [0.1, 0.15) is 31.2 Å². The maximum atomic E-state index is 12.9. The largest absolute Gasteiger partial charge is 0.493 e. The third-order valence-electron chi connectivity index (χ3n) is 7.30. The number of rotatable bonds is 8. The van der Waals surface area contributed by atoms with E-state index >= 15 is 0 Å². The molecule has 1 saturated carbocycles. The number of urea groups is 1. The van der Waals surface area contributed by atoms with Crippen LogP contribution < -0.4 is 24.8 Å². The van der Waals surface area contributed by atoms with E-state index in [4.69, 9.17) is 25.8 Å². The van der Waals surface area contributed by atoms with E-state index in [-0.39, 0.29) is 18.1 Å². The number of anilines is 1. The molecule has 1 aliphatic carbocycles. The van der Waals surface area contributed by atoms with Gasteiger partial charge in [0.1, 0.15) is 0 Å². The molecule has 36 heavy (non-hydrogen) atoms. The molecule has 2 aromatic rings. The Morgan fingerprint density at radius 2 is 1.67 bits per heavy atom. The average molecular weight is 518 g/mol. The van der Waals surface area contributed by atoms with E-state index < -0.39 is 6.10 Å². The maximum absolute atomic E-state index is 12.9. The van der Waals surface area contributed by atoms with Gasteiger partial charge in [-0.05, 0) is 68.8 Å². The number of ether oxygens (including phenoxy) is 3. The van der Waals surface area contributed by atoms with Crippen LogP contribution in [0.25, 0.3) is 0 Å². The van der Waals surface area contributed by atoms with E-state index in [1.54, 1.807) is 12.1 Å². The summed E-state index contributed by atoms with van der Waals surface area (Å²) >= 11 is 6.01. The van der Waals surface area contributed by atoms with Gasteiger partial charge in [0.15, 0.2) is 11.5 Å². The minimum Gasteiger partial charge on any atom is -0.493 e. The molecule has 9 heteroatoms. The number of methoxy groups -OCH3 is 3. The van der Waals surface area contributed by atoms with Crippen LogP contribution in [0.5, 0.6) is 17.2 Å². The zero-order valence-electron chi connectivity index (χ0n) is 21.1. The van der Waals surface area contributed by atoms with Crippen LogP contribution in [-0.2, 0) is 6.42 Å². The van der Waals surface area contributed by atoms with Crippen molar-refractivity contribution in [3.05, 3.63) is 47.0 Å². The van der Waals surface area contributed by atoms with Crippen LogP contribution in [0.3, 0.4) is 0 Å². The molecule has 3 atom stereocenters. The number of piperidine rings is 1. The topological polar surface area (TPSA) is 92.3 Å². The molecule has 0 spiro atoms. The first-order valence-electron chi connectivity index (χ1n) is 12.4. The van der Waals surface area contributed by atoms with Gasteiger partial charge in [-0.25, -0.2) is 4.79 Å². The zero-order valence-corrected chi connectivity index (χ0v) is 21.9. The van der Waals surface area contributed by atoms with Gasteiger partial charge in [-0.3, -0.25) is 4.90 Å². The number of benzene rings is 2. The lowest BCUT2D eigenvalue weighted by atomic mass is 9.89. The first kappa shape index (κ1) is 26.4. The maximum Gasteiger partial charge on any atom is 0.319 e.